The van der Waals surface area contributed by atoms with Crippen LogP contribution >= 0.6 is 11.3 Å². The average molecular weight is 288 g/mol. The van der Waals surface area contributed by atoms with E-state index in [1.165, 1.54) is 0 Å². The van der Waals surface area contributed by atoms with Gasteiger partial charge in [-0.15, -0.1) is 11.3 Å². The van der Waals surface area contributed by atoms with Crippen LogP contribution in [0.2, 0.25) is 0 Å². The van der Waals surface area contributed by atoms with Gasteiger partial charge in [0.05, 0.1) is 6.61 Å². The van der Waals surface area contributed by atoms with Gasteiger partial charge in [-0.2, -0.15) is 0 Å². The Morgan fingerprint density at radius 1 is 1.20 bits per heavy atom. The maximum absolute atomic E-state index is 12.7. The number of benzene rings is 1. The summed E-state index contributed by atoms with van der Waals surface area (Å²) in [6.45, 7) is 2.46. The topological polar surface area (TPSA) is 41.6 Å². The highest BCUT2D eigenvalue weighted by Gasteiger charge is 2.20. The molecule has 0 radical (unpaired) electrons. The molecule has 2 aromatic rings. The number of hydrogen-bond donors (Lipinski definition) is 1. The number of rotatable bonds is 2. The van der Waals surface area contributed by atoms with Crippen LogP contribution in [0, 0.1) is 0 Å². The second kappa shape index (κ2) is 6.17. The van der Waals surface area contributed by atoms with Crippen LogP contribution in [-0.4, -0.2) is 37.0 Å². The van der Waals surface area contributed by atoms with Crippen LogP contribution in [0.4, 0.5) is 0 Å². The predicted octanol–water partition coefficient (Wildman–Crippen LogP) is 2.39. The average Bonchev–Trinajstić information content (AvgIpc) is 2.89. The molecule has 0 aliphatic carbocycles. The van der Waals surface area contributed by atoms with E-state index in [0.717, 1.165) is 16.0 Å². The number of carbonyl (C=O) groups excluding carboxylic acids is 1. The summed E-state index contributed by atoms with van der Waals surface area (Å²) in [5.41, 5.74) is 4.60. The largest absolute Gasteiger partial charge is 0.335 e. The molecular formula is C15H16N2O2S. The van der Waals surface area contributed by atoms with Crippen molar-refractivity contribution in [3.8, 4) is 10.4 Å². The number of carbonyl (C=O) groups is 1. The minimum absolute atomic E-state index is 0.0706. The van der Waals surface area contributed by atoms with Crippen LogP contribution in [0.25, 0.3) is 10.4 Å². The highest BCUT2D eigenvalue weighted by molar-refractivity contribution is 7.13. The SMILES string of the molecule is O=C(c1ccccc1-c1cccs1)N1CCNOCC1. The molecule has 1 saturated heterocycles. The molecule has 0 unspecified atom stereocenters. The molecule has 20 heavy (non-hydrogen) atoms. The number of thiophene rings is 1. The van der Waals surface area contributed by atoms with Crippen LogP contribution < -0.4 is 5.48 Å². The molecule has 104 valence electrons. The lowest BCUT2D eigenvalue weighted by molar-refractivity contribution is 0.0523. The summed E-state index contributed by atoms with van der Waals surface area (Å²) in [6, 6.07) is 11.8. The number of amides is 1. The Morgan fingerprint density at radius 2 is 2.10 bits per heavy atom. The van der Waals surface area contributed by atoms with Crippen molar-refractivity contribution in [2.75, 3.05) is 26.2 Å². The standard InChI is InChI=1S/C15H16N2O2S/c18-15(17-8-7-16-19-10-9-17)13-5-2-1-4-12(13)14-6-3-11-20-14/h1-6,11,16H,7-10H2. The van der Waals surface area contributed by atoms with Gasteiger partial charge in [-0.05, 0) is 17.5 Å². The summed E-state index contributed by atoms with van der Waals surface area (Å²) in [5.74, 6) is 0.0706. The van der Waals surface area contributed by atoms with E-state index in [4.69, 9.17) is 4.84 Å². The van der Waals surface area contributed by atoms with Crippen molar-refractivity contribution in [3.05, 3.63) is 47.3 Å². The van der Waals surface area contributed by atoms with Crippen molar-refractivity contribution in [1.29, 1.82) is 0 Å². The highest BCUT2D eigenvalue weighted by Crippen LogP contribution is 2.28. The molecule has 0 bridgehead atoms. The Bertz CT molecular complexity index is 575. The van der Waals surface area contributed by atoms with Gasteiger partial charge < -0.3 is 4.90 Å². The third-order valence-electron chi connectivity index (χ3n) is 3.28. The van der Waals surface area contributed by atoms with E-state index in [-0.39, 0.29) is 5.91 Å². The van der Waals surface area contributed by atoms with Gasteiger partial charge >= 0.3 is 0 Å². The molecule has 3 rings (SSSR count). The van der Waals surface area contributed by atoms with Crippen molar-refractivity contribution in [2.45, 2.75) is 0 Å². The first-order valence-corrected chi connectivity index (χ1v) is 7.51. The minimum atomic E-state index is 0.0706. The van der Waals surface area contributed by atoms with Gasteiger partial charge in [0.15, 0.2) is 0 Å². The van der Waals surface area contributed by atoms with E-state index >= 15 is 0 Å². The van der Waals surface area contributed by atoms with Gasteiger partial charge in [-0.25, -0.2) is 5.48 Å². The van der Waals surface area contributed by atoms with E-state index < -0.39 is 0 Å². The molecule has 0 spiro atoms. The summed E-state index contributed by atoms with van der Waals surface area (Å²) >= 11 is 1.65. The maximum Gasteiger partial charge on any atom is 0.254 e. The van der Waals surface area contributed by atoms with E-state index in [0.29, 0.717) is 26.2 Å². The van der Waals surface area contributed by atoms with Gasteiger partial charge in [-0.3, -0.25) is 9.63 Å². The highest BCUT2D eigenvalue weighted by atomic mass is 32.1. The Balaban J connectivity index is 1.91. The van der Waals surface area contributed by atoms with Crippen LogP contribution in [0.15, 0.2) is 41.8 Å². The zero-order chi connectivity index (χ0) is 13.8. The summed E-state index contributed by atoms with van der Waals surface area (Å²) in [5, 5.41) is 2.03. The molecular weight excluding hydrogens is 272 g/mol. The van der Waals surface area contributed by atoms with Gasteiger partial charge in [-0.1, -0.05) is 24.3 Å². The van der Waals surface area contributed by atoms with Crippen molar-refractivity contribution in [2.24, 2.45) is 0 Å². The van der Waals surface area contributed by atoms with Crippen molar-refractivity contribution < 1.29 is 9.63 Å². The number of hydrogen-bond acceptors (Lipinski definition) is 4. The lowest BCUT2D eigenvalue weighted by Gasteiger charge is -2.20. The first kappa shape index (κ1) is 13.3. The fraction of sp³-hybridized carbons (Fsp3) is 0.267. The Labute approximate surface area is 121 Å². The molecule has 1 amide bonds. The van der Waals surface area contributed by atoms with Crippen molar-refractivity contribution >= 4 is 17.2 Å². The van der Waals surface area contributed by atoms with E-state index in [1.807, 2.05) is 46.7 Å². The third kappa shape index (κ3) is 2.75. The summed E-state index contributed by atoms with van der Waals surface area (Å²) < 4.78 is 0. The molecule has 1 aromatic carbocycles. The molecule has 4 nitrogen and oxygen atoms in total. The summed E-state index contributed by atoms with van der Waals surface area (Å²) in [4.78, 5) is 20.9. The lowest BCUT2D eigenvalue weighted by Crippen LogP contribution is -2.35. The molecule has 1 aromatic heterocycles. The monoisotopic (exact) mass is 288 g/mol. The molecule has 1 aliphatic heterocycles. The third-order valence-corrected chi connectivity index (χ3v) is 4.18. The fourth-order valence-electron chi connectivity index (χ4n) is 2.28. The molecule has 1 aliphatic rings. The normalized spacial score (nSPS) is 15.9. The Hall–Kier alpha value is -1.69. The zero-order valence-corrected chi connectivity index (χ0v) is 11.9. The first-order valence-electron chi connectivity index (χ1n) is 6.63. The van der Waals surface area contributed by atoms with Crippen LogP contribution in [-0.2, 0) is 4.84 Å². The van der Waals surface area contributed by atoms with Crippen molar-refractivity contribution in [3.63, 3.8) is 0 Å². The van der Waals surface area contributed by atoms with Gasteiger partial charge in [0, 0.05) is 35.6 Å². The van der Waals surface area contributed by atoms with Gasteiger partial charge in [0.25, 0.3) is 5.91 Å². The number of nitrogens with zero attached hydrogens (tertiary/aromatic N) is 1. The molecule has 1 fully saturated rings. The van der Waals surface area contributed by atoms with E-state index in [2.05, 4.69) is 5.48 Å². The molecule has 5 heteroatoms. The summed E-state index contributed by atoms with van der Waals surface area (Å²) in [6.07, 6.45) is 0. The Morgan fingerprint density at radius 3 is 2.95 bits per heavy atom. The molecule has 1 N–H and O–H groups in total. The van der Waals surface area contributed by atoms with Crippen LogP contribution in [0.5, 0.6) is 0 Å². The summed E-state index contributed by atoms with van der Waals surface area (Å²) in [7, 11) is 0. The Kier molecular flexibility index (Phi) is 4.11. The van der Waals surface area contributed by atoms with Crippen LogP contribution in [0.1, 0.15) is 10.4 Å². The smallest absolute Gasteiger partial charge is 0.254 e. The van der Waals surface area contributed by atoms with Gasteiger partial charge in [0.1, 0.15) is 0 Å². The predicted molar refractivity (Wildman–Crippen MR) is 79.6 cm³/mol. The first-order chi connectivity index (χ1) is 9.86. The van der Waals surface area contributed by atoms with Crippen LogP contribution in [0.3, 0.4) is 0 Å². The fourth-order valence-corrected chi connectivity index (χ4v) is 3.05. The minimum Gasteiger partial charge on any atom is -0.335 e. The quantitative estimate of drug-likeness (QED) is 0.922. The molecule has 2 heterocycles. The van der Waals surface area contributed by atoms with Gasteiger partial charge in [0.2, 0.25) is 0 Å². The molecule has 0 saturated carbocycles. The second-order valence-corrected chi connectivity index (χ2v) is 5.51. The van der Waals surface area contributed by atoms with E-state index in [9.17, 15) is 4.79 Å². The number of hydroxylamine groups is 1. The second-order valence-electron chi connectivity index (χ2n) is 4.56. The van der Waals surface area contributed by atoms with Crippen molar-refractivity contribution in [1.82, 2.24) is 10.4 Å². The zero-order valence-electron chi connectivity index (χ0n) is 11.0. The number of nitrogens with one attached hydrogen (secondary N) is 1. The van der Waals surface area contributed by atoms with E-state index in [1.54, 1.807) is 11.3 Å². The lowest BCUT2D eigenvalue weighted by atomic mass is 10.0. The molecule has 0 atom stereocenters. The maximum atomic E-state index is 12.7.